The van der Waals surface area contributed by atoms with E-state index in [1.807, 2.05) is 0 Å². The first kappa shape index (κ1) is 11.6. The van der Waals surface area contributed by atoms with Gasteiger partial charge >= 0.3 is 10.1 Å². The molecule has 0 saturated carbocycles. The Kier molecular flexibility index (Phi) is 4.43. The van der Waals surface area contributed by atoms with Crippen LogP contribution in [0.15, 0.2) is 35.2 Å². The monoisotopic (exact) mass is 232 g/mol. The molecule has 1 rings (SSSR count). The van der Waals surface area contributed by atoms with Gasteiger partial charge in [-0.3, -0.25) is 0 Å². The van der Waals surface area contributed by atoms with E-state index in [0.717, 1.165) is 0 Å². The van der Waals surface area contributed by atoms with Crippen LogP contribution in [0.3, 0.4) is 0 Å². The summed E-state index contributed by atoms with van der Waals surface area (Å²) in [6.07, 6.45) is 0. The number of hydrogen-bond donors (Lipinski definition) is 1. The molecule has 1 radical (unpaired) electrons. The van der Waals surface area contributed by atoms with Crippen molar-refractivity contribution in [1.29, 1.82) is 0 Å². The third kappa shape index (κ3) is 2.57. The van der Waals surface area contributed by atoms with Gasteiger partial charge in [0.2, 0.25) is 0 Å². The Labute approximate surface area is 81.0 Å². The summed E-state index contributed by atoms with van der Waals surface area (Å²) in [6, 6.07) is 7.69. The number of rotatable bonds is 2. The molecule has 0 saturated heterocycles. The average molecular weight is 232 g/mol. The second-order valence-electron chi connectivity index (χ2n) is 1.86. The van der Waals surface area contributed by atoms with Crippen LogP contribution in [0, 0.1) is 0 Å². The van der Waals surface area contributed by atoms with Crippen molar-refractivity contribution < 1.29 is 29.5 Å². The van der Waals surface area contributed by atoms with E-state index in [2.05, 4.69) is 10.2 Å². The molecule has 4 nitrogen and oxygen atoms in total. The summed E-state index contributed by atoms with van der Waals surface area (Å²) in [7, 11) is -3.72. The molecule has 12 heavy (non-hydrogen) atoms. The van der Waals surface area contributed by atoms with Gasteiger partial charge in [0.1, 0.15) is 0 Å². The minimum atomic E-state index is -3.72. The summed E-state index contributed by atoms with van der Waals surface area (Å²) in [6.45, 7) is 0. The summed E-state index contributed by atoms with van der Waals surface area (Å²) in [5, 5.41) is 0. The summed E-state index contributed by atoms with van der Waals surface area (Å²) >= 11 is 0. The molecule has 69 valence electrons. The Bertz CT molecular complexity index is 324. The van der Waals surface area contributed by atoms with Gasteiger partial charge in [0, 0.05) is 16.8 Å². The van der Waals surface area contributed by atoms with Gasteiger partial charge in [0.05, 0.1) is 4.90 Å². The summed E-state index contributed by atoms with van der Waals surface area (Å²) < 4.78 is 25.5. The van der Waals surface area contributed by atoms with Crippen LogP contribution in [0.2, 0.25) is 0 Å². The quantitative estimate of drug-likeness (QED) is 0.742. The smallest absolute Gasteiger partial charge is 0.197 e. The van der Waals surface area contributed by atoms with E-state index in [0.29, 0.717) is 0 Å². The predicted octanol–water partition coefficient (Wildman–Crippen LogP) is 0.263. The van der Waals surface area contributed by atoms with E-state index in [4.69, 9.17) is 0 Å². The van der Waals surface area contributed by atoms with Gasteiger partial charge in [-0.15, -0.1) is 0 Å². The van der Waals surface area contributed by atoms with E-state index in [1.54, 1.807) is 18.2 Å². The van der Waals surface area contributed by atoms with E-state index >= 15 is 0 Å². The summed E-state index contributed by atoms with van der Waals surface area (Å²) in [4.78, 5) is 0.0579. The number of hydrogen-bond acceptors (Lipinski definition) is 4. The molecule has 0 aromatic heterocycles. The fourth-order valence-corrected chi connectivity index (χ4v) is 1.24. The number of benzene rings is 1. The molecule has 1 aromatic carbocycles. The Morgan fingerprint density at radius 1 is 1.17 bits per heavy atom. The SMILES string of the molecule is NOS(=O)(=O)c1ccccc1.[Co]. The molecular formula is C6H7CoNO3S. The van der Waals surface area contributed by atoms with Gasteiger partial charge in [-0.05, 0) is 12.1 Å². The predicted molar refractivity (Wildman–Crippen MR) is 38.9 cm³/mol. The van der Waals surface area contributed by atoms with Crippen molar-refractivity contribution in [3.63, 3.8) is 0 Å². The molecule has 0 aliphatic carbocycles. The van der Waals surface area contributed by atoms with Crippen LogP contribution in [0.4, 0.5) is 0 Å². The van der Waals surface area contributed by atoms with Crippen LogP contribution in [-0.2, 0) is 31.2 Å². The third-order valence-corrected chi connectivity index (χ3v) is 2.26. The molecule has 6 heteroatoms. The van der Waals surface area contributed by atoms with Gasteiger partial charge < -0.3 is 0 Å². The Morgan fingerprint density at radius 2 is 1.67 bits per heavy atom. The largest absolute Gasteiger partial charge is 0.312 e. The van der Waals surface area contributed by atoms with E-state index < -0.39 is 10.1 Å². The zero-order chi connectivity index (χ0) is 8.32. The standard InChI is InChI=1S/C6H7NO3S.Co/c7-10-11(8,9)6-4-2-1-3-5-6;/h1-5H,7H2;. The van der Waals surface area contributed by atoms with Crippen LogP contribution in [0.1, 0.15) is 0 Å². The van der Waals surface area contributed by atoms with Crippen molar-refractivity contribution in [1.82, 2.24) is 0 Å². The Morgan fingerprint density at radius 3 is 2.08 bits per heavy atom. The second kappa shape index (κ2) is 4.58. The molecule has 0 fully saturated rings. The molecule has 0 spiro atoms. The van der Waals surface area contributed by atoms with E-state index in [9.17, 15) is 8.42 Å². The average Bonchev–Trinajstić information content (AvgIpc) is 2.06. The fourth-order valence-electron chi connectivity index (χ4n) is 0.643. The van der Waals surface area contributed by atoms with Crippen molar-refractivity contribution in [3.05, 3.63) is 30.3 Å². The normalized spacial score (nSPS) is 10.4. The van der Waals surface area contributed by atoms with Crippen molar-refractivity contribution in [2.75, 3.05) is 0 Å². The molecule has 0 amide bonds. The van der Waals surface area contributed by atoms with Crippen molar-refractivity contribution >= 4 is 10.1 Å². The Hall–Kier alpha value is -0.404. The van der Waals surface area contributed by atoms with Crippen molar-refractivity contribution in [2.24, 2.45) is 5.90 Å². The topological polar surface area (TPSA) is 69.4 Å². The van der Waals surface area contributed by atoms with E-state index in [1.165, 1.54) is 12.1 Å². The van der Waals surface area contributed by atoms with Crippen LogP contribution in [-0.4, -0.2) is 8.42 Å². The van der Waals surface area contributed by atoms with Gasteiger partial charge in [-0.2, -0.15) is 18.6 Å². The maximum Gasteiger partial charge on any atom is 0.312 e. The molecule has 0 aliphatic heterocycles. The molecule has 2 N–H and O–H groups in total. The minimum absolute atomic E-state index is 0. The maximum atomic E-state index is 10.9. The second-order valence-corrected chi connectivity index (χ2v) is 3.44. The third-order valence-electron chi connectivity index (χ3n) is 1.16. The maximum absolute atomic E-state index is 10.9. The van der Waals surface area contributed by atoms with Gasteiger partial charge in [-0.1, -0.05) is 18.2 Å². The molecule has 0 bridgehead atoms. The molecule has 0 unspecified atom stereocenters. The summed E-state index contributed by atoms with van der Waals surface area (Å²) in [5.41, 5.74) is 0. The van der Waals surface area contributed by atoms with Gasteiger partial charge in [-0.25, -0.2) is 0 Å². The van der Waals surface area contributed by atoms with Gasteiger partial charge in [0.25, 0.3) is 0 Å². The Balaban J connectivity index is 0.00000121. The van der Waals surface area contributed by atoms with Crippen LogP contribution in [0.5, 0.6) is 0 Å². The van der Waals surface area contributed by atoms with Gasteiger partial charge in [0.15, 0.2) is 0 Å². The molecule has 0 heterocycles. The van der Waals surface area contributed by atoms with Crippen LogP contribution in [0.25, 0.3) is 0 Å². The first-order chi connectivity index (χ1) is 5.17. The zero-order valence-electron chi connectivity index (χ0n) is 5.93. The minimum Gasteiger partial charge on any atom is -0.197 e. The molecule has 1 aromatic rings. The molecule has 0 atom stereocenters. The van der Waals surface area contributed by atoms with Crippen LogP contribution >= 0.6 is 0 Å². The fraction of sp³-hybridized carbons (Fsp3) is 0. The van der Waals surface area contributed by atoms with E-state index in [-0.39, 0.29) is 21.7 Å². The first-order valence-electron chi connectivity index (χ1n) is 2.85. The first-order valence-corrected chi connectivity index (χ1v) is 4.26. The van der Waals surface area contributed by atoms with Crippen LogP contribution < -0.4 is 5.90 Å². The molecular weight excluding hydrogens is 225 g/mol. The van der Waals surface area contributed by atoms with Crippen molar-refractivity contribution in [2.45, 2.75) is 4.90 Å². The summed E-state index contributed by atoms with van der Waals surface area (Å²) in [5.74, 6) is 4.55. The molecule has 0 aliphatic rings. The zero-order valence-corrected chi connectivity index (χ0v) is 7.79. The van der Waals surface area contributed by atoms with Crippen molar-refractivity contribution in [3.8, 4) is 0 Å². The number of nitrogens with two attached hydrogens (primary N) is 1.